The van der Waals surface area contributed by atoms with E-state index in [4.69, 9.17) is 21.1 Å². The van der Waals surface area contributed by atoms with E-state index in [0.29, 0.717) is 27.6 Å². The summed E-state index contributed by atoms with van der Waals surface area (Å²) >= 11 is 5.83. The molecule has 0 bridgehead atoms. The fourth-order valence-corrected chi connectivity index (χ4v) is 2.01. The molecule has 0 aliphatic carbocycles. The van der Waals surface area contributed by atoms with E-state index in [0.717, 1.165) is 0 Å². The van der Waals surface area contributed by atoms with Crippen LogP contribution in [0.15, 0.2) is 42.7 Å². The standard InChI is InChI=1S/C15H10ClFN2O2/c1-20-14-6-11-13(7-12(14)17)18-8-19-15(11)21-10-4-2-9(16)3-5-10/h2-8H,1H3. The van der Waals surface area contributed by atoms with Crippen molar-refractivity contribution in [1.82, 2.24) is 9.97 Å². The summed E-state index contributed by atoms with van der Waals surface area (Å²) in [5, 5.41) is 1.17. The first-order chi connectivity index (χ1) is 10.2. The zero-order valence-electron chi connectivity index (χ0n) is 11.0. The van der Waals surface area contributed by atoms with Crippen molar-refractivity contribution in [2.75, 3.05) is 7.11 Å². The van der Waals surface area contributed by atoms with Gasteiger partial charge >= 0.3 is 0 Å². The van der Waals surface area contributed by atoms with Crippen molar-refractivity contribution in [3.8, 4) is 17.4 Å². The summed E-state index contributed by atoms with van der Waals surface area (Å²) in [6.45, 7) is 0. The van der Waals surface area contributed by atoms with E-state index in [1.807, 2.05) is 0 Å². The molecule has 2 aromatic carbocycles. The molecule has 21 heavy (non-hydrogen) atoms. The summed E-state index contributed by atoms with van der Waals surface area (Å²) in [6, 6.07) is 9.65. The number of rotatable bonds is 3. The maximum atomic E-state index is 13.7. The number of benzene rings is 2. The van der Waals surface area contributed by atoms with Gasteiger partial charge in [-0.25, -0.2) is 14.4 Å². The molecule has 0 saturated heterocycles. The minimum atomic E-state index is -0.485. The molecular weight excluding hydrogens is 295 g/mol. The largest absolute Gasteiger partial charge is 0.494 e. The van der Waals surface area contributed by atoms with Gasteiger partial charge in [0, 0.05) is 11.1 Å². The SMILES string of the molecule is COc1cc2c(Oc3ccc(Cl)cc3)ncnc2cc1F. The average Bonchev–Trinajstić information content (AvgIpc) is 2.49. The molecule has 0 atom stereocenters. The Morgan fingerprint density at radius 1 is 1.10 bits per heavy atom. The van der Waals surface area contributed by atoms with Gasteiger partial charge in [-0.1, -0.05) is 11.6 Å². The summed E-state index contributed by atoms with van der Waals surface area (Å²) in [5.41, 5.74) is 0.437. The third-order valence-corrected chi connectivity index (χ3v) is 3.15. The van der Waals surface area contributed by atoms with Gasteiger partial charge in [0.05, 0.1) is 18.0 Å². The molecule has 0 N–H and O–H groups in total. The van der Waals surface area contributed by atoms with Crippen molar-refractivity contribution in [3.63, 3.8) is 0 Å². The van der Waals surface area contributed by atoms with Gasteiger partial charge in [0.25, 0.3) is 0 Å². The molecule has 0 unspecified atom stereocenters. The molecule has 0 aliphatic heterocycles. The van der Waals surface area contributed by atoms with Crippen LogP contribution in [0.1, 0.15) is 0 Å². The van der Waals surface area contributed by atoms with Gasteiger partial charge in [0.15, 0.2) is 11.6 Å². The topological polar surface area (TPSA) is 44.2 Å². The Kier molecular flexibility index (Phi) is 3.58. The van der Waals surface area contributed by atoms with Crippen LogP contribution in [0.2, 0.25) is 5.02 Å². The molecule has 1 heterocycles. The fraction of sp³-hybridized carbons (Fsp3) is 0.0667. The maximum Gasteiger partial charge on any atom is 0.230 e. The Bertz CT molecular complexity index is 794. The minimum Gasteiger partial charge on any atom is -0.494 e. The van der Waals surface area contributed by atoms with Crippen LogP contribution in [0.5, 0.6) is 17.4 Å². The number of halogens is 2. The Labute approximate surface area is 125 Å². The number of nitrogens with zero attached hydrogens (tertiary/aromatic N) is 2. The molecule has 1 aromatic heterocycles. The zero-order chi connectivity index (χ0) is 14.8. The molecule has 4 nitrogen and oxygen atoms in total. The monoisotopic (exact) mass is 304 g/mol. The van der Waals surface area contributed by atoms with Crippen LogP contribution in [0.25, 0.3) is 10.9 Å². The van der Waals surface area contributed by atoms with E-state index in [1.54, 1.807) is 24.3 Å². The molecule has 6 heteroatoms. The van der Waals surface area contributed by atoms with Crippen molar-refractivity contribution in [1.29, 1.82) is 0 Å². The molecule has 0 radical (unpaired) electrons. The van der Waals surface area contributed by atoms with Crippen LogP contribution in [-0.2, 0) is 0 Å². The van der Waals surface area contributed by atoms with E-state index < -0.39 is 5.82 Å². The second-order valence-corrected chi connectivity index (χ2v) is 4.68. The molecule has 0 aliphatic rings. The highest BCUT2D eigenvalue weighted by Gasteiger charge is 2.11. The molecule has 106 valence electrons. The van der Waals surface area contributed by atoms with Gasteiger partial charge in [0.2, 0.25) is 5.88 Å². The van der Waals surface area contributed by atoms with Crippen molar-refractivity contribution >= 4 is 22.5 Å². The first-order valence-electron chi connectivity index (χ1n) is 6.09. The molecule has 0 fully saturated rings. The van der Waals surface area contributed by atoms with Crippen LogP contribution >= 0.6 is 11.6 Å². The summed E-state index contributed by atoms with van der Waals surface area (Å²) in [7, 11) is 1.40. The van der Waals surface area contributed by atoms with Crippen LogP contribution in [0, 0.1) is 5.82 Å². The molecule has 3 aromatic rings. The Morgan fingerprint density at radius 2 is 1.86 bits per heavy atom. The fourth-order valence-electron chi connectivity index (χ4n) is 1.89. The smallest absolute Gasteiger partial charge is 0.230 e. The minimum absolute atomic E-state index is 0.109. The highest BCUT2D eigenvalue weighted by Crippen LogP contribution is 2.31. The van der Waals surface area contributed by atoms with Gasteiger partial charge < -0.3 is 9.47 Å². The predicted molar refractivity (Wildman–Crippen MR) is 77.6 cm³/mol. The first-order valence-corrected chi connectivity index (χ1v) is 6.47. The van der Waals surface area contributed by atoms with E-state index in [2.05, 4.69) is 9.97 Å². The average molecular weight is 305 g/mol. The molecule has 0 spiro atoms. The number of fused-ring (bicyclic) bond motifs is 1. The summed E-state index contributed by atoms with van der Waals surface area (Å²) in [4.78, 5) is 8.11. The van der Waals surface area contributed by atoms with Crippen LogP contribution in [0.3, 0.4) is 0 Å². The van der Waals surface area contributed by atoms with Crippen molar-refractivity contribution < 1.29 is 13.9 Å². The van der Waals surface area contributed by atoms with Gasteiger partial charge in [0.1, 0.15) is 12.1 Å². The highest BCUT2D eigenvalue weighted by atomic mass is 35.5. The van der Waals surface area contributed by atoms with Gasteiger partial charge in [-0.15, -0.1) is 0 Å². The Balaban J connectivity index is 2.07. The number of hydrogen-bond donors (Lipinski definition) is 0. The predicted octanol–water partition coefficient (Wildman–Crippen LogP) is 4.22. The summed E-state index contributed by atoms with van der Waals surface area (Å²) < 4.78 is 24.4. The summed E-state index contributed by atoms with van der Waals surface area (Å²) in [6.07, 6.45) is 1.32. The van der Waals surface area contributed by atoms with Crippen LogP contribution in [0.4, 0.5) is 4.39 Å². The number of aromatic nitrogens is 2. The van der Waals surface area contributed by atoms with E-state index in [-0.39, 0.29) is 5.75 Å². The lowest BCUT2D eigenvalue weighted by Crippen LogP contribution is -1.94. The van der Waals surface area contributed by atoms with E-state index in [1.165, 1.54) is 25.6 Å². The zero-order valence-corrected chi connectivity index (χ0v) is 11.8. The normalized spacial score (nSPS) is 10.6. The first kappa shape index (κ1) is 13.6. The Morgan fingerprint density at radius 3 is 2.57 bits per heavy atom. The number of hydrogen-bond acceptors (Lipinski definition) is 4. The number of methoxy groups -OCH3 is 1. The molecular formula is C15H10ClFN2O2. The van der Waals surface area contributed by atoms with Crippen LogP contribution in [-0.4, -0.2) is 17.1 Å². The lowest BCUT2D eigenvalue weighted by atomic mass is 10.2. The number of ether oxygens (including phenoxy) is 2. The second kappa shape index (κ2) is 5.54. The quantitative estimate of drug-likeness (QED) is 0.726. The van der Waals surface area contributed by atoms with Crippen molar-refractivity contribution in [2.24, 2.45) is 0 Å². The van der Waals surface area contributed by atoms with Gasteiger partial charge in [-0.2, -0.15) is 0 Å². The summed E-state index contributed by atoms with van der Waals surface area (Å²) in [5.74, 6) is 0.516. The van der Waals surface area contributed by atoms with E-state index >= 15 is 0 Å². The van der Waals surface area contributed by atoms with Gasteiger partial charge in [-0.3, -0.25) is 0 Å². The lowest BCUT2D eigenvalue weighted by molar-refractivity contribution is 0.387. The maximum absolute atomic E-state index is 13.7. The molecule has 3 rings (SSSR count). The molecule has 0 amide bonds. The third-order valence-electron chi connectivity index (χ3n) is 2.90. The van der Waals surface area contributed by atoms with Crippen molar-refractivity contribution in [3.05, 3.63) is 53.6 Å². The van der Waals surface area contributed by atoms with E-state index in [9.17, 15) is 4.39 Å². The van der Waals surface area contributed by atoms with Crippen LogP contribution < -0.4 is 9.47 Å². The van der Waals surface area contributed by atoms with Gasteiger partial charge in [-0.05, 0) is 30.3 Å². The Hall–Kier alpha value is -2.40. The second-order valence-electron chi connectivity index (χ2n) is 4.24. The third kappa shape index (κ3) is 2.73. The van der Waals surface area contributed by atoms with Crippen molar-refractivity contribution in [2.45, 2.75) is 0 Å². The lowest BCUT2D eigenvalue weighted by Gasteiger charge is -2.09. The molecule has 0 saturated carbocycles. The highest BCUT2D eigenvalue weighted by molar-refractivity contribution is 6.30.